The van der Waals surface area contributed by atoms with Crippen molar-refractivity contribution in [1.82, 2.24) is 14.3 Å². The van der Waals surface area contributed by atoms with E-state index in [0.717, 1.165) is 5.56 Å². The number of aromatic nitrogens is 2. The Morgan fingerprint density at radius 1 is 0.867 bits per heavy atom. The largest absolute Gasteiger partial charge is 0.354 e. The Balaban J connectivity index is 1.49. The monoisotopic (exact) mass is 466 g/mol. The van der Waals surface area contributed by atoms with Gasteiger partial charge < -0.3 is 4.90 Å². The van der Waals surface area contributed by atoms with Crippen LogP contribution in [0.5, 0.6) is 0 Å². The van der Waals surface area contributed by atoms with Crippen molar-refractivity contribution in [2.24, 2.45) is 0 Å². The Morgan fingerprint density at radius 3 is 2.23 bits per heavy atom. The number of nitrogens with zero attached hydrogens (tertiary/aromatic N) is 4. The molecule has 6 nitrogen and oxygen atoms in total. The molecule has 10 heteroatoms. The van der Waals surface area contributed by atoms with Crippen LogP contribution in [-0.2, 0) is 10.0 Å². The number of rotatable bonds is 4. The molecule has 1 saturated heterocycles. The second-order valence-corrected chi connectivity index (χ2v) is 9.49. The van der Waals surface area contributed by atoms with Crippen molar-refractivity contribution in [2.75, 3.05) is 31.1 Å². The molecule has 30 heavy (non-hydrogen) atoms. The molecule has 2 heterocycles. The van der Waals surface area contributed by atoms with E-state index in [9.17, 15) is 12.8 Å². The van der Waals surface area contributed by atoms with Crippen molar-refractivity contribution in [2.45, 2.75) is 4.90 Å². The van der Waals surface area contributed by atoms with Gasteiger partial charge in [-0.25, -0.2) is 22.8 Å². The van der Waals surface area contributed by atoms with Crippen molar-refractivity contribution < 1.29 is 12.8 Å². The molecule has 0 aliphatic carbocycles. The Bertz CT molecular complexity index is 1170. The highest BCUT2D eigenvalue weighted by atomic mass is 35.5. The van der Waals surface area contributed by atoms with E-state index in [4.69, 9.17) is 23.2 Å². The number of anilines is 1. The van der Waals surface area contributed by atoms with Crippen LogP contribution in [0.1, 0.15) is 0 Å². The van der Waals surface area contributed by atoms with Crippen LogP contribution in [0.15, 0.2) is 59.8 Å². The van der Waals surface area contributed by atoms with Crippen LogP contribution in [0.2, 0.25) is 10.0 Å². The highest BCUT2D eigenvalue weighted by Gasteiger charge is 2.29. The molecular weight excluding hydrogens is 450 g/mol. The summed E-state index contributed by atoms with van der Waals surface area (Å²) in [5, 5.41) is 0.506. The van der Waals surface area contributed by atoms with Crippen molar-refractivity contribution >= 4 is 39.0 Å². The van der Waals surface area contributed by atoms with E-state index in [1.807, 2.05) is 11.0 Å². The van der Waals surface area contributed by atoms with Gasteiger partial charge in [0.25, 0.3) is 0 Å². The molecular formula is C20H17Cl2FN4O2S. The Hall–Kier alpha value is -2.26. The van der Waals surface area contributed by atoms with Crippen molar-refractivity contribution in [1.29, 1.82) is 0 Å². The molecule has 0 N–H and O–H groups in total. The predicted octanol–water partition coefficient (Wildman–Crippen LogP) is 4.10. The van der Waals surface area contributed by atoms with E-state index in [1.54, 1.807) is 12.1 Å². The summed E-state index contributed by atoms with van der Waals surface area (Å²) >= 11 is 11.9. The summed E-state index contributed by atoms with van der Waals surface area (Å²) in [6, 6.07) is 12.2. The van der Waals surface area contributed by atoms with Crippen molar-refractivity contribution in [3.8, 4) is 11.3 Å². The van der Waals surface area contributed by atoms with E-state index >= 15 is 0 Å². The Kier molecular flexibility index (Phi) is 5.92. The standard InChI is InChI=1S/C20H17Cl2FN4O2S/c21-17-6-5-16(11-18(17)22)30(28,29)27-9-7-26(8-10-27)20-12-19(24-13-25-20)14-1-3-15(23)4-2-14/h1-6,11-13H,7-10H2. The first kappa shape index (κ1) is 21.0. The summed E-state index contributed by atoms with van der Waals surface area (Å²) in [6.07, 6.45) is 1.45. The zero-order valence-electron chi connectivity index (χ0n) is 15.7. The zero-order valence-corrected chi connectivity index (χ0v) is 18.0. The molecule has 1 aromatic heterocycles. The molecule has 0 saturated carbocycles. The molecule has 0 spiro atoms. The topological polar surface area (TPSA) is 66.4 Å². The smallest absolute Gasteiger partial charge is 0.243 e. The maximum absolute atomic E-state index is 13.2. The van der Waals surface area contributed by atoms with Crippen molar-refractivity contribution in [3.63, 3.8) is 0 Å². The third kappa shape index (κ3) is 4.27. The van der Waals surface area contributed by atoms with Gasteiger partial charge in [-0.1, -0.05) is 23.2 Å². The Morgan fingerprint density at radius 2 is 1.57 bits per heavy atom. The number of piperazine rings is 1. The van der Waals surface area contributed by atoms with E-state index in [0.29, 0.717) is 42.7 Å². The number of halogens is 3. The lowest BCUT2D eigenvalue weighted by Crippen LogP contribution is -2.48. The highest BCUT2D eigenvalue weighted by molar-refractivity contribution is 7.89. The van der Waals surface area contributed by atoms with Gasteiger partial charge in [-0.3, -0.25) is 0 Å². The van der Waals surface area contributed by atoms with Crippen LogP contribution >= 0.6 is 23.2 Å². The summed E-state index contributed by atoms with van der Waals surface area (Å²) in [6.45, 7) is 1.55. The minimum atomic E-state index is -3.67. The summed E-state index contributed by atoms with van der Waals surface area (Å²) in [5.74, 6) is 0.378. The summed E-state index contributed by atoms with van der Waals surface area (Å²) in [4.78, 5) is 10.7. The first-order chi connectivity index (χ1) is 14.3. The maximum Gasteiger partial charge on any atom is 0.243 e. The van der Waals surface area contributed by atoms with Crippen LogP contribution in [0.25, 0.3) is 11.3 Å². The third-order valence-electron chi connectivity index (χ3n) is 4.88. The quantitative estimate of drug-likeness (QED) is 0.578. The summed E-state index contributed by atoms with van der Waals surface area (Å²) in [7, 11) is -3.67. The second kappa shape index (κ2) is 8.47. The zero-order chi connectivity index (χ0) is 21.3. The van der Waals surface area contributed by atoms with Crippen LogP contribution in [0, 0.1) is 5.82 Å². The second-order valence-electron chi connectivity index (χ2n) is 6.74. The normalized spacial score (nSPS) is 15.4. The molecule has 0 unspecified atom stereocenters. The van der Waals surface area contributed by atoms with Crippen LogP contribution in [-0.4, -0.2) is 48.9 Å². The van der Waals surface area contributed by atoms with Crippen LogP contribution in [0.4, 0.5) is 10.2 Å². The SMILES string of the molecule is O=S(=O)(c1ccc(Cl)c(Cl)c1)N1CCN(c2cc(-c3ccc(F)cc3)ncn2)CC1. The predicted molar refractivity (Wildman–Crippen MR) is 115 cm³/mol. The van der Waals surface area contributed by atoms with Crippen molar-refractivity contribution in [3.05, 3.63) is 70.7 Å². The van der Waals surface area contributed by atoms with Gasteiger partial charge in [0.05, 0.1) is 20.6 Å². The number of sulfonamides is 1. The van der Waals surface area contributed by atoms with Gasteiger partial charge in [0.1, 0.15) is 18.0 Å². The van der Waals surface area contributed by atoms with Crippen LogP contribution in [0.3, 0.4) is 0 Å². The molecule has 1 aliphatic rings. The molecule has 0 amide bonds. The van der Waals surface area contributed by atoms with Gasteiger partial charge in [0.2, 0.25) is 10.0 Å². The van der Waals surface area contributed by atoms with Gasteiger partial charge in [-0.15, -0.1) is 0 Å². The third-order valence-corrected chi connectivity index (χ3v) is 7.52. The van der Waals surface area contributed by atoms with Crippen LogP contribution < -0.4 is 4.90 Å². The molecule has 2 aromatic carbocycles. The number of hydrogen-bond acceptors (Lipinski definition) is 5. The minimum absolute atomic E-state index is 0.117. The molecule has 1 aliphatic heterocycles. The average molecular weight is 467 g/mol. The summed E-state index contributed by atoms with van der Waals surface area (Å²) < 4.78 is 40.4. The molecule has 3 aromatic rings. The molecule has 0 bridgehead atoms. The molecule has 156 valence electrons. The lowest BCUT2D eigenvalue weighted by Gasteiger charge is -2.34. The first-order valence-electron chi connectivity index (χ1n) is 9.13. The number of benzene rings is 2. The summed E-state index contributed by atoms with van der Waals surface area (Å²) in [5.41, 5.74) is 1.45. The van der Waals surface area contributed by atoms with E-state index in [1.165, 1.54) is 41.0 Å². The maximum atomic E-state index is 13.2. The molecule has 1 fully saturated rings. The van der Waals surface area contributed by atoms with Gasteiger partial charge >= 0.3 is 0 Å². The van der Waals surface area contributed by atoms with E-state index in [-0.39, 0.29) is 15.7 Å². The lowest BCUT2D eigenvalue weighted by molar-refractivity contribution is 0.384. The average Bonchev–Trinajstić information content (AvgIpc) is 2.76. The molecule has 4 rings (SSSR count). The Labute approximate surface area is 183 Å². The lowest BCUT2D eigenvalue weighted by atomic mass is 10.1. The van der Waals surface area contributed by atoms with Gasteiger partial charge in [-0.05, 0) is 42.5 Å². The first-order valence-corrected chi connectivity index (χ1v) is 11.3. The van der Waals surface area contributed by atoms with Gasteiger partial charge in [0.15, 0.2) is 0 Å². The minimum Gasteiger partial charge on any atom is -0.354 e. The fourth-order valence-electron chi connectivity index (χ4n) is 3.24. The van der Waals surface area contributed by atoms with Gasteiger partial charge in [0, 0.05) is 37.8 Å². The molecule has 0 atom stereocenters. The number of hydrogen-bond donors (Lipinski definition) is 0. The fraction of sp³-hybridized carbons (Fsp3) is 0.200. The van der Waals surface area contributed by atoms with E-state index < -0.39 is 10.0 Å². The molecule has 0 radical (unpaired) electrons. The highest BCUT2D eigenvalue weighted by Crippen LogP contribution is 2.28. The fourth-order valence-corrected chi connectivity index (χ4v) is 5.05. The van der Waals surface area contributed by atoms with E-state index in [2.05, 4.69) is 9.97 Å². The van der Waals surface area contributed by atoms with Gasteiger partial charge in [-0.2, -0.15) is 4.31 Å².